The van der Waals surface area contributed by atoms with E-state index in [2.05, 4.69) is 9.97 Å². The van der Waals surface area contributed by atoms with Crippen molar-refractivity contribution in [3.63, 3.8) is 0 Å². The Morgan fingerprint density at radius 1 is 1.32 bits per heavy atom. The van der Waals surface area contributed by atoms with E-state index in [1.165, 1.54) is 12.3 Å². The SMILES string of the molecule is NCc1sc(-c2ncc(Cl)cc2Cl)nc1C(F)(F)F. The second kappa shape index (κ2) is 5.24. The van der Waals surface area contributed by atoms with Crippen LogP contribution >= 0.6 is 34.5 Å². The number of hydrogen-bond acceptors (Lipinski definition) is 4. The first-order valence-corrected chi connectivity index (χ1v) is 6.48. The molecule has 2 rings (SSSR count). The highest BCUT2D eigenvalue weighted by Crippen LogP contribution is 2.38. The summed E-state index contributed by atoms with van der Waals surface area (Å²) in [7, 11) is 0. The molecule has 0 spiro atoms. The number of pyridine rings is 1. The molecular weight excluding hydrogens is 322 g/mol. The van der Waals surface area contributed by atoms with Gasteiger partial charge in [0.05, 0.1) is 14.9 Å². The largest absolute Gasteiger partial charge is 0.434 e. The molecule has 0 saturated carbocycles. The molecule has 0 aliphatic carbocycles. The summed E-state index contributed by atoms with van der Waals surface area (Å²) in [6.07, 6.45) is -3.26. The topological polar surface area (TPSA) is 51.8 Å². The van der Waals surface area contributed by atoms with E-state index in [4.69, 9.17) is 28.9 Å². The van der Waals surface area contributed by atoms with Crippen LogP contribution in [0.2, 0.25) is 10.0 Å². The Hall–Kier alpha value is -0.890. The van der Waals surface area contributed by atoms with Gasteiger partial charge < -0.3 is 5.73 Å². The van der Waals surface area contributed by atoms with E-state index >= 15 is 0 Å². The molecule has 0 amide bonds. The van der Waals surface area contributed by atoms with E-state index in [0.717, 1.165) is 11.3 Å². The number of nitrogens with zero attached hydrogens (tertiary/aromatic N) is 2. The van der Waals surface area contributed by atoms with Crippen LogP contribution in [-0.2, 0) is 12.7 Å². The van der Waals surface area contributed by atoms with E-state index in [-0.39, 0.29) is 27.1 Å². The summed E-state index contributed by atoms with van der Waals surface area (Å²) in [5.41, 5.74) is 4.45. The molecule has 0 aliphatic rings. The first kappa shape index (κ1) is 14.5. The molecule has 2 heterocycles. The van der Waals surface area contributed by atoms with Crippen molar-refractivity contribution in [2.24, 2.45) is 5.73 Å². The number of rotatable bonds is 2. The average Bonchev–Trinajstić information content (AvgIpc) is 2.72. The van der Waals surface area contributed by atoms with Gasteiger partial charge in [-0.15, -0.1) is 11.3 Å². The number of aromatic nitrogens is 2. The standard InChI is InChI=1S/C10H6Cl2F3N3S/c11-4-1-5(12)7(17-3-4)9-18-8(10(13,14)15)6(2-16)19-9/h1,3H,2,16H2. The minimum Gasteiger partial charge on any atom is -0.326 e. The Labute approximate surface area is 120 Å². The Morgan fingerprint density at radius 2 is 2.00 bits per heavy atom. The number of nitrogens with two attached hydrogens (primary N) is 1. The van der Waals surface area contributed by atoms with Crippen molar-refractivity contribution < 1.29 is 13.2 Å². The summed E-state index contributed by atoms with van der Waals surface area (Å²) in [4.78, 5) is 7.37. The number of alkyl halides is 3. The van der Waals surface area contributed by atoms with Gasteiger partial charge in [-0.2, -0.15) is 13.2 Å². The van der Waals surface area contributed by atoms with Gasteiger partial charge in [0.2, 0.25) is 0 Å². The third kappa shape index (κ3) is 3.00. The van der Waals surface area contributed by atoms with Crippen LogP contribution in [-0.4, -0.2) is 9.97 Å². The van der Waals surface area contributed by atoms with Crippen molar-refractivity contribution in [2.75, 3.05) is 0 Å². The van der Waals surface area contributed by atoms with Gasteiger partial charge in [0.1, 0.15) is 10.7 Å². The molecule has 0 fully saturated rings. The summed E-state index contributed by atoms with van der Waals surface area (Å²) in [6.45, 7) is -0.252. The van der Waals surface area contributed by atoms with Crippen molar-refractivity contribution in [3.8, 4) is 10.7 Å². The van der Waals surface area contributed by atoms with Crippen LogP contribution in [0.5, 0.6) is 0 Å². The second-order valence-electron chi connectivity index (χ2n) is 3.48. The maximum Gasteiger partial charge on any atom is 0.434 e. The molecule has 0 radical (unpaired) electrons. The maximum absolute atomic E-state index is 12.7. The van der Waals surface area contributed by atoms with Crippen molar-refractivity contribution >= 4 is 34.5 Å². The summed E-state index contributed by atoms with van der Waals surface area (Å²) in [5, 5.41) is 0.494. The highest BCUT2D eigenvalue weighted by Gasteiger charge is 2.37. The Morgan fingerprint density at radius 3 is 2.47 bits per heavy atom. The monoisotopic (exact) mass is 327 g/mol. The fourth-order valence-corrected chi connectivity index (χ4v) is 2.88. The van der Waals surface area contributed by atoms with Gasteiger partial charge in [0.25, 0.3) is 0 Å². The molecule has 0 atom stereocenters. The summed E-state index contributed by atoms with van der Waals surface area (Å²) in [6, 6.07) is 1.39. The molecule has 0 unspecified atom stereocenters. The zero-order chi connectivity index (χ0) is 14.2. The first-order chi connectivity index (χ1) is 8.82. The minimum atomic E-state index is -4.55. The van der Waals surface area contributed by atoms with Gasteiger partial charge in [-0.3, -0.25) is 4.98 Å². The zero-order valence-corrected chi connectivity index (χ0v) is 11.5. The predicted molar refractivity (Wildman–Crippen MR) is 68.3 cm³/mol. The van der Waals surface area contributed by atoms with E-state index < -0.39 is 11.9 Å². The molecule has 0 saturated heterocycles. The molecular formula is C10H6Cl2F3N3S. The third-order valence-corrected chi connectivity index (χ3v) is 3.74. The Bertz CT molecular complexity index is 613. The van der Waals surface area contributed by atoms with Gasteiger partial charge in [0.15, 0.2) is 5.69 Å². The lowest BCUT2D eigenvalue weighted by Crippen LogP contribution is -2.10. The van der Waals surface area contributed by atoms with Gasteiger partial charge in [-0.25, -0.2) is 4.98 Å². The van der Waals surface area contributed by atoms with Gasteiger partial charge in [0, 0.05) is 12.7 Å². The molecule has 19 heavy (non-hydrogen) atoms. The average molecular weight is 328 g/mol. The van der Waals surface area contributed by atoms with Crippen LogP contribution in [0, 0.1) is 0 Å². The molecule has 3 nitrogen and oxygen atoms in total. The summed E-state index contributed by atoms with van der Waals surface area (Å²) >= 11 is 12.4. The smallest absolute Gasteiger partial charge is 0.326 e. The first-order valence-electron chi connectivity index (χ1n) is 4.91. The van der Waals surface area contributed by atoms with Crippen LogP contribution < -0.4 is 5.73 Å². The normalized spacial score (nSPS) is 11.9. The minimum absolute atomic E-state index is 0.0599. The second-order valence-corrected chi connectivity index (χ2v) is 5.40. The lowest BCUT2D eigenvalue weighted by Gasteiger charge is -2.03. The highest BCUT2D eigenvalue weighted by molar-refractivity contribution is 7.15. The Kier molecular flexibility index (Phi) is 4.00. The van der Waals surface area contributed by atoms with Gasteiger partial charge in [-0.05, 0) is 6.07 Å². The van der Waals surface area contributed by atoms with E-state index in [9.17, 15) is 13.2 Å². The maximum atomic E-state index is 12.7. The van der Waals surface area contributed by atoms with Crippen molar-refractivity contribution in [2.45, 2.75) is 12.7 Å². The fraction of sp³-hybridized carbons (Fsp3) is 0.200. The van der Waals surface area contributed by atoms with Gasteiger partial charge in [-0.1, -0.05) is 23.2 Å². The lowest BCUT2D eigenvalue weighted by atomic mass is 10.3. The molecule has 102 valence electrons. The van der Waals surface area contributed by atoms with Crippen LogP contribution in [0.1, 0.15) is 10.6 Å². The quantitative estimate of drug-likeness (QED) is 0.907. The van der Waals surface area contributed by atoms with Crippen LogP contribution in [0.4, 0.5) is 13.2 Å². The fourth-order valence-electron chi connectivity index (χ4n) is 1.38. The van der Waals surface area contributed by atoms with Crippen molar-refractivity contribution in [1.82, 2.24) is 9.97 Å². The van der Waals surface area contributed by atoms with Crippen LogP contribution in [0.25, 0.3) is 10.7 Å². The summed E-state index contributed by atoms with van der Waals surface area (Å²) in [5.74, 6) is 0. The molecule has 0 aliphatic heterocycles. The third-order valence-electron chi connectivity index (χ3n) is 2.16. The van der Waals surface area contributed by atoms with Crippen molar-refractivity contribution in [1.29, 1.82) is 0 Å². The molecule has 0 bridgehead atoms. The van der Waals surface area contributed by atoms with E-state index in [0.29, 0.717) is 5.02 Å². The molecule has 2 N–H and O–H groups in total. The van der Waals surface area contributed by atoms with Gasteiger partial charge >= 0.3 is 6.18 Å². The molecule has 2 aromatic rings. The van der Waals surface area contributed by atoms with E-state index in [1.54, 1.807) is 0 Å². The van der Waals surface area contributed by atoms with E-state index in [1.807, 2.05) is 0 Å². The zero-order valence-electron chi connectivity index (χ0n) is 9.13. The molecule has 9 heteroatoms. The van der Waals surface area contributed by atoms with Crippen molar-refractivity contribution in [3.05, 3.63) is 32.9 Å². The number of halogens is 5. The number of hydrogen-bond donors (Lipinski definition) is 1. The number of thiazole rings is 1. The molecule has 2 aromatic heterocycles. The Balaban J connectivity index is 2.55. The highest BCUT2D eigenvalue weighted by atomic mass is 35.5. The lowest BCUT2D eigenvalue weighted by molar-refractivity contribution is -0.141. The predicted octanol–water partition coefficient (Wildman–Crippen LogP) is 3.99. The van der Waals surface area contributed by atoms with Crippen LogP contribution in [0.15, 0.2) is 12.3 Å². The van der Waals surface area contributed by atoms with Crippen LogP contribution in [0.3, 0.4) is 0 Å². The summed E-state index contributed by atoms with van der Waals surface area (Å²) < 4.78 is 38.2. The molecule has 0 aromatic carbocycles.